The van der Waals surface area contributed by atoms with E-state index in [0.29, 0.717) is 29.2 Å². The number of ether oxygens (including phenoxy) is 3. The quantitative estimate of drug-likeness (QED) is 0.349. The number of benzene rings is 2. The molecule has 1 atom stereocenters. The molecule has 7 heteroatoms. The summed E-state index contributed by atoms with van der Waals surface area (Å²) in [5.41, 5.74) is 2.81. The lowest BCUT2D eigenvalue weighted by Gasteiger charge is -2.25. The smallest absolute Gasteiger partial charge is 0.295 e. The molecule has 1 saturated heterocycles. The molecule has 0 bridgehead atoms. The molecule has 1 unspecified atom stereocenters. The molecule has 0 radical (unpaired) electrons. The van der Waals surface area contributed by atoms with Gasteiger partial charge in [-0.3, -0.25) is 9.59 Å². The molecule has 33 heavy (non-hydrogen) atoms. The maximum Gasteiger partial charge on any atom is 0.295 e. The van der Waals surface area contributed by atoms with E-state index in [1.807, 2.05) is 45.0 Å². The van der Waals surface area contributed by atoms with E-state index >= 15 is 0 Å². The summed E-state index contributed by atoms with van der Waals surface area (Å²) in [5, 5.41) is 11.3. The Kier molecular flexibility index (Phi) is 7.76. The van der Waals surface area contributed by atoms with Crippen LogP contribution in [0.15, 0.2) is 42.0 Å². The molecule has 2 aromatic rings. The zero-order valence-electron chi connectivity index (χ0n) is 19.8. The first-order valence-electron chi connectivity index (χ1n) is 11.0. The highest BCUT2D eigenvalue weighted by Crippen LogP contribution is 2.40. The fourth-order valence-corrected chi connectivity index (χ4v) is 4.02. The average Bonchev–Trinajstić information content (AvgIpc) is 3.07. The van der Waals surface area contributed by atoms with E-state index in [-0.39, 0.29) is 24.5 Å². The minimum atomic E-state index is -0.734. The summed E-state index contributed by atoms with van der Waals surface area (Å²) in [4.78, 5) is 27.5. The van der Waals surface area contributed by atoms with E-state index < -0.39 is 17.7 Å². The molecule has 0 aromatic heterocycles. The Morgan fingerprint density at radius 1 is 1.03 bits per heavy atom. The molecular formula is C26H31NO6. The van der Waals surface area contributed by atoms with E-state index in [9.17, 15) is 14.7 Å². The third kappa shape index (κ3) is 4.88. The number of carbonyl (C=O) groups excluding carboxylic acids is 2. The number of ketones is 1. The summed E-state index contributed by atoms with van der Waals surface area (Å²) < 4.78 is 16.2. The number of amides is 1. The second-order valence-corrected chi connectivity index (χ2v) is 8.04. The molecule has 176 valence electrons. The molecular weight excluding hydrogens is 422 g/mol. The van der Waals surface area contributed by atoms with E-state index in [4.69, 9.17) is 14.2 Å². The van der Waals surface area contributed by atoms with Gasteiger partial charge in [0.2, 0.25) is 0 Å². The molecule has 3 rings (SSSR count). The van der Waals surface area contributed by atoms with Crippen LogP contribution in [0.25, 0.3) is 5.76 Å². The van der Waals surface area contributed by atoms with Crippen LogP contribution in [-0.2, 0) is 14.3 Å². The Balaban J connectivity index is 2.13. The van der Waals surface area contributed by atoms with Crippen molar-refractivity contribution in [2.45, 2.75) is 33.2 Å². The summed E-state index contributed by atoms with van der Waals surface area (Å²) in [5.74, 6) is -0.187. The van der Waals surface area contributed by atoms with Crippen molar-refractivity contribution in [1.82, 2.24) is 4.90 Å². The summed E-state index contributed by atoms with van der Waals surface area (Å²) in [6, 6.07) is 10.1. The molecule has 1 N–H and O–H groups in total. The first-order chi connectivity index (χ1) is 15.8. The number of Topliss-reactive ketones (excluding diaryl/α,β-unsaturated/α-hetero) is 1. The Morgan fingerprint density at radius 3 is 2.33 bits per heavy atom. The van der Waals surface area contributed by atoms with Gasteiger partial charge in [-0.1, -0.05) is 19.1 Å². The monoisotopic (exact) mass is 453 g/mol. The maximum absolute atomic E-state index is 13.1. The number of likely N-dealkylation sites (tertiary alicyclic amines) is 1. The van der Waals surface area contributed by atoms with Gasteiger partial charge in [-0.15, -0.1) is 0 Å². The van der Waals surface area contributed by atoms with Crippen molar-refractivity contribution >= 4 is 17.4 Å². The van der Waals surface area contributed by atoms with E-state index in [1.54, 1.807) is 19.2 Å². The highest BCUT2D eigenvalue weighted by molar-refractivity contribution is 6.46. The lowest BCUT2D eigenvalue weighted by atomic mass is 9.93. The highest BCUT2D eigenvalue weighted by Gasteiger charge is 2.46. The minimum absolute atomic E-state index is 0.0611. The van der Waals surface area contributed by atoms with Crippen molar-refractivity contribution in [3.05, 3.63) is 64.2 Å². The lowest BCUT2D eigenvalue weighted by molar-refractivity contribution is -0.140. The zero-order chi connectivity index (χ0) is 24.1. The van der Waals surface area contributed by atoms with Gasteiger partial charge in [0.05, 0.1) is 31.9 Å². The SMILES string of the molecule is CCCOc1ccc(C2/C(=C(\O)c3cc(C)c(OC)cc3C)C(=O)C(=O)N2CCOC)cc1. The molecule has 1 amide bonds. The summed E-state index contributed by atoms with van der Waals surface area (Å²) in [7, 11) is 3.12. The number of carbonyl (C=O) groups is 2. The standard InChI is InChI=1S/C26H31NO6/c1-6-12-33-19-9-7-18(8-10-19)23-22(25(29)26(30)27(23)11-13-31-4)24(28)20-14-17(3)21(32-5)15-16(20)2/h7-10,14-15,23,28H,6,11-13H2,1-5H3/b24-22+. The molecule has 1 heterocycles. The van der Waals surface area contributed by atoms with Crippen LogP contribution in [0.4, 0.5) is 0 Å². The number of aliphatic hydroxyl groups excluding tert-OH is 1. The number of aliphatic hydroxyl groups is 1. The predicted octanol–water partition coefficient (Wildman–Crippen LogP) is 4.17. The maximum atomic E-state index is 13.1. The molecule has 0 aliphatic carbocycles. The van der Waals surface area contributed by atoms with Crippen LogP contribution in [0.5, 0.6) is 11.5 Å². The Hall–Kier alpha value is -3.32. The van der Waals surface area contributed by atoms with Crippen molar-refractivity contribution in [1.29, 1.82) is 0 Å². The van der Waals surface area contributed by atoms with Gasteiger partial charge in [-0.2, -0.15) is 0 Å². The van der Waals surface area contributed by atoms with Gasteiger partial charge in [0.1, 0.15) is 17.3 Å². The van der Waals surface area contributed by atoms with Gasteiger partial charge in [0.25, 0.3) is 11.7 Å². The van der Waals surface area contributed by atoms with E-state index in [2.05, 4.69) is 0 Å². The first kappa shape index (κ1) is 24.3. The average molecular weight is 454 g/mol. The van der Waals surface area contributed by atoms with Crippen molar-refractivity contribution in [2.75, 3.05) is 34.0 Å². The van der Waals surface area contributed by atoms with Crippen LogP contribution in [0.3, 0.4) is 0 Å². The fourth-order valence-electron chi connectivity index (χ4n) is 4.02. The van der Waals surface area contributed by atoms with E-state index in [0.717, 1.165) is 17.5 Å². The fraction of sp³-hybridized carbons (Fsp3) is 0.385. The van der Waals surface area contributed by atoms with Crippen LogP contribution < -0.4 is 9.47 Å². The number of rotatable bonds is 9. The molecule has 0 saturated carbocycles. The van der Waals surface area contributed by atoms with Gasteiger partial charge in [0.15, 0.2) is 0 Å². The van der Waals surface area contributed by atoms with Crippen molar-refractivity contribution < 1.29 is 28.9 Å². The second-order valence-electron chi connectivity index (χ2n) is 8.04. The molecule has 7 nitrogen and oxygen atoms in total. The van der Waals surface area contributed by atoms with Gasteiger partial charge in [-0.25, -0.2) is 0 Å². The molecule has 1 aliphatic heterocycles. The Labute approximate surface area is 194 Å². The highest BCUT2D eigenvalue weighted by atomic mass is 16.5. The molecule has 1 fully saturated rings. The number of nitrogens with zero attached hydrogens (tertiary/aromatic N) is 1. The van der Waals surface area contributed by atoms with Crippen molar-refractivity contribution in [3.8, 4) is 11.5 Å². The number of aryl methyl sites for hydroxylation is 2. The van der Waals surface area contributed by atoms with Crippen LogP contribution in [0, 0.1) is 13.8 Å². The minimum Gasteiger partial charge on any atom is -0.507 e. The largest absolute Gasteiger partial charge is 0.507 e. The topological polar surface area (TPSA) is 85.3 Å². The van der Waals surface area contributed by atoms with Crippen molar-refractivity contribution in [3.63, 3.8) is 0 Å². The van der Waals surface area contributed by atoms with Crippen molar-refractivity contribution in [2.24, 2.45) is 0 Å². The molecule has 0 spiro atoms. The first-order valence-corrected chi connectivity index (χ1v) is 11.0. The third-order valence-corrected chi connectivity index (χ3v) is 5.74. The van der Waals surface area contributed by atoms with Crippen LogP contribution in [0.1, 0.15) is 41.6 Å². The summed E-state index contributed by atoms with van der Waals surface area (Å²) in [6.07, 6.45) is 0.888. The summed E-state index contributed by atoms with van der Waals surface area (Å²) >= 11 is 0. The van der Waals surface area contributed by atoms with Gasteiger partial charge in [-0.05, 0) is 61.2 Å². The zero-order valence-corrected chi connectivity index (χ0v) is 19.8. The van der Waals surface area contributed by atoms with Crippen LogP contribution >= 0.6 is 0 Å². The van der Waals surface area contributed by atoms with Gasteiger partial charge < -0.3 is 24.2 Å². The summed E-state index contributed by atoms with van der Waals surface area (Å²) in [6.45, 7) is 6.80. The predicted molar refractivity (Wildman–Crippen MR) is 126 cm³/mol. The van der Waals surface area contributed by atoms with Crippen LogP contribution in [-0.4, -0.2) is 55.7 Å². The number of hydrogen-bond donors (Lipinski definition) is 1. The Morgan fingerprint density at radius 2 is 1.73 bits per heavy atom. The normalized spacial score (nSPS) is 17.5. The van der Waals surface area contributed by atoms with Crippen LogP contribution in [0.2, 0.25) is 0 Å². The molecule has 1 aliphatic rings. The second kappa shape index (κ2) is 10.5. The van der Waals surface area contributed by atoms with Gasteiger partial charge in [0, 0.05) is 19.2 Å². The number of hydrogen-bond acceptors (Lipinski definition) is 6. The lowest BCUT2D eigenvalue weighted by Crippen LogP contribution is -2.32. The molecule has 2 aromatic carbocycles. The number of methoxy groups -OCH3 is 2. The Bertz CT molecular complexity index is 1060. The van der Waals surface area contributed by atoms with E-state index in [1.165, 1.54) is 12.0 Å². The van der Waals surface area contributed by atoms with Gasteiger partial charge >= 0.3 is 0 Å². The third-order valence-electron chi connectivity index (χ3n) is 5.74.